The van der Waals surface area contributed by atoms with E-state index >= 15 is 0 Å². The lowest BCUT2D eigenvalue weighted by Crippen LogP contribution is -2.09. The fourth-order valence-corrected chi connectivity index (χ4v) is 4.29. The summed E-state index contributed by atoms with van der Waals surface area (Å²) in [7, 11) is -1.76. The first-order chi connectivity index (χ1) is 11.5. The van der Waals surface area contributed by atoms with E-state index in [-0.39, 0.29) is 10.9 Å². The number of aryl methyl sites for hydroxylation is 2. The second kappa shape index (κ2) is 5.17. The standard InChI is InChI=1S/C17H16N4O2S/c1-12-7-9-13(10-8-12)11-24(22,23)17-19-18-16-20(2)14-5-3-4-6-15(14)21(16)17/h3-10H,11H2,1-2H3. The van der Waals surface area contributed by atoms with Gasteiger partial charge in [0.1, 0.15) is 0 Å². The maximum atomic E-state index is 12.9. The number of hydrogen-bond donors (Lipinski definition) is 0. The summed E-state index contributed by atoms with van der Waals surface area (Å²) in [5.41, 5.74) is 3.52. The van der Waals surface area contributed by atoms with Crippen LogP contribution < -0.4 is 0 Å². The summed E-state index contributed by atoms with van der Waals surface area (Å²) < 4.78 is 29.2. The fraction of sp³-hybridized carbons (Fsp3) is 0.176. The summed E-state index contributed by atoms with van der Waals surface area (Å²) in [6, 6.07) is 15.1. The van der Waals surface area contributed by atoms with Gasteiger partial charge in [0.2, 0.25) is 15.6 Å². The van der Waals surface area contributed by atoms with Crippen LogP contribution in [0, 0.1) is 6.92 Å². The maximum absolute atomic E-state index is 12.9. The molecule has 7 heteroatoms. The number of hydrogen-bond acceptors (Lipinski definition) is 4. The molecule has 0 spiro atoms. The third-order valence-electron chi connectivity index (χ3n) is 4.16. The van der Waals surface area contributed by atoms with Crippen molar-refractivity contribution in [2.45, 2.75) is 17.8 Å². The third-order valence-corrected chi connectivity index (χ3v) is 5.69. The van der Waals surface area contributed by atoms with Crippen molar-refractivity contribution in [3.63, 3.8) is 0 Å². The molecule has 0 saturated carbocycles. The van der Waals surface area contributed by atoms with Crippen LogP contribution in [0.3, 0.4) is 0 Å². The van der Waals surface area contributed by atoms with E-state index in [2.05, 4.69) is 10.2 Å². The number of rotatable bonds is 3. The lowest BCUT2D eigenvalue weighted by Gasteiger charge is -2.03. The van der Waals surface area contributed by atoms with E-state index in [1.54, 1.807) is 4.40 Å². The molecule has 6 nitrogen and oxygen atoms in total. The molecule has 0 atom stereocenters. The van der Waals surface area contributed by atoms with Crippen LogP contribution in [0.25, 0.3) is 16.8 Å². The van der Waals surface area contributed by atoms with Crippen LogP contribution >= 0.6 is 0 Å². The molecule has 0 aliphatic heterocycles. The number of nitrogens with zero attached hydrogens (tertiary/aromatic N) is 4. The summed E-state index contributed by atoms with van der Waals surface area (Å²) in [6.45, 7) is 1.97. The number of fused-ring (bicyclic) bond motifs is 3. The molecule has 0 bridgehead atoms. The van der Waals surface area contributed by atoms with E-state index < -0.39 is 9.84 Å². The number of aromatic nitrogens is 4. The Morgan fingerprint density at radius 1 is 0.958 bits per heavy atom. The van der Waals surface area contributed by atoms with Crippen LogP contribution in [0.5, 0.6) is 0 Å². The highest BCUT2D eigenvalue weighted by molar-refractivity contribution is 7.90. The number of benzene rings is 2. The highest BCUT2D eigenvalue weighted by Gasteiger charge is 2.25. The Bertz CT molecular complexity index is 1150. The molecule has 4 rings (SSSR count). The van der Waals surface area contributed by atoms with E-state index in [1.165, 1.54) is 0 Å². The van der Waals surface area contributed by atoms with Crippen molar-refractivity contribution < 1.29 is 8.42 Å². The predicted molar refractivity (Wildman–Crippen MR) is 91.5 cm³/mol. The van der Waals surface area contributed by atoms with Crippen LogP contribution in [0.15, 0.2) is 53.7 Å². The topological polar surface area (TPSA) is 69.3 Å². The van der Waals surface area contributed by atoms with E-state index in [0.717, 1.165) is 22.2 Å². The van der Waals surface area contributed by atoms with Gasteiger partial charge in [-0.05, 0) is 24.6 Å². The van der Waals surface area contributed by atoms with Gasteiger partial charge >= 0.3 is 0 Å². The molecule has 122 valence electrons. The lowest BCUT2D eigenvalue weighted by atomic mass is 10.2. The van der Waals surface area contributed by atoms with Crippen molar-refractivity contribution in [1.29, 1.82) is 0 Å². The smallest absolute Gasteiger partial charge is 0.256 e. The molecule has 4 aromatic rings. The van der Waals surface area contributed by atoms with Gasteiger partial charge in [-0.1, -0.05) is 42.0 Å². The number of imidazole rings is 1. The van der Waals surface area contributed by atoms with Crippen LogP contribution in [-0.2, 0) is 22.6 Å². The first kappa shape index (κ1) is 14.9. The summed E-state index contributed by atoms with van der Waals surface area (Å²) >= 11 is 0. The first-order valence-corrected chi connectivity index (χ1v) is 9.19. The van der Waals surface area contributed by atoms with Gasteiger partial charge in [-0.3, -0.25) is 0 Å². The maximum Gasteiger partial charge on any atom is 0.256 e. The normalized spacial score (nSPS) is 12.2. The molecule has 0 amide bonds. The summed E-state index contributed by atoms with van der Waals surface area (Å²) in [6.07, 6.45) is 0. The Labute approximate surface area is 139 Å². The first-order valence-electron chi connectivity index (χ1n) is 7.54. The molecule has 0 N–H and O–H groups in total. The zero-order chi connectivity index (χ0) is 16.9. The van der Waals surface area contributed by atoms with Gasteiger partial charge in [0.05, 0.1) is 16.8 Å². The second-order valence-electron chi connectivity index (χ2n) is 5.91. The Morgan fingerprint density at radius 3 is 2.33 bits per heavy atom. The zero-order valence-electron chi connectivity index (χ0n) is 13.3. The highest BCUT2D eigenvalue weighted by atomic mass is 32.2. The Kier molecular flexibility index (Phi) is 3.21. The van der Waals surface area contributed by atoms with Crippen molar-refractivity contribution in [3.05, 3.63) is 59.7 Å². The molecule has 2 aromatic heterocycles. The van der Waals surface area contributed by atoms with E-state index in [0.29, 0.717) is 5.78 Å². The predicted octanol–water partition coefficient (Wildman–Crippen LogP) is 2.50. The molecule has 2 heterocycles. The van der Waals surface area contributed by atoms with E-state index in [1.807, 2.05) is 67.1 Å². The average Bonchev–Trinajstić information content (AvgIpc) is 3.11. The monoisotopic (exact) mass is 340 g/mol. The molecule has 0 fully saturated rings. The molecule has 0 saturated heterocycles. The Hall–Kier alpha value is -2.67. The molecule has 24 heavy (non-hydrogen) atoms. The van der Waals surface area contributed by atoms with Gasteiger partial charge in [-0.25, -0.2) is 12.8 Å². The SMILES string of the molecule is Cc1ccc(CS(=O)(=O)c2nnc3n(C)c4ccccc4n23)cc1. The summed E-state index contributed by atoms with van der Waals surface area (Å²) in [5.74, 6) is 0.413. The van der Waals surface area contributed by atoms with Gasteiger partial charge in [0.25, 0.3) is 5.16 Å². The van der Waals surface area contributed by atoms with Crippen molar-refractivity contribution in [3.8, 4) is 0 Å². The van der Waals surface area contributed by atoms with E-state index in [4.69, 9.17) is 0 Å². The van der Waals surface area contributed by atoms with Gasteiger partial charge in [-0.2, -0.15) is 0 Å². The lowest BCUT2D eigenvalue weighted by molar-refractivity contribution is 0.585. The van der Waals surface area contributed by atoms with Gasteiger partial charge in [0, 0.05) is 7.05 Å². The summed E-state index contributed by atoms with van der Waals surface area (Å²) in [5, 5.41) is 8.01. The van der Waals surface area contributed by atoms with Crippen molar-refractivity contribution in [1.82, 2.24) is 19.2 Å². The van der Waals surface area contributed by atoms with E-state index in [9.17, 15) is 8.42 Å². The second-order valence-corrected chi connectivity index (χ2v) is 7.79. The van der Waals surface area contributed by atoms with Crippen molar-refractivity contribution >= 4 is 26.6 Å². The average molecular weight is 340 g/mol. The molecule has 0 aliphatic carbocycles. The minimum atomic E-state index is -3.61. The minimum absolute atomic E-state index is 0.0186. The quantitative estimate of drug-likeness (QED) is 0.575. The fourth-order valence-electron chi connectivity index (χ4n) is 2.90. The van der Waals surface area contributed by atoms with Crippen LogP contribution in [-0.4, -0.2) is 27.6 Å². The van der Waals surface area contributed by atoms with Gasteiger partial charge in [-0.15, -0.1) is 10.2 Å². The van der Waals surface area contributed by atoms with Crippen LogP contribution in [0.2, 0.25) is 0 Å². The summed E-state index contributed by atoms with van der Waals surface area (Å²) in [4.78, 5) is 0. The molecule has 2 aromatic carbocycles. The zero-order valence-corrected chi connectivity index (χ0v) is 14.2. The Morgan fingerprint density at radius 2 is 1.62 bits per heavy atom. The van der Waals surface area contributed by atoms with Crippen molar-refractivity contribution in [2.24, 2.45) is 7.05 Å². The highest BCUT2D eigenvalue weighted by Crippen LogP contribution is 2.23. The number of para-hydroxylation sites is 2. The molecule has 0 aliphatic rings. The largest absolute Gasteiger partial charge is 0.311 e. The van der Waals surface area contributed by atoms with Crippen LogP contribution in [0.4, 0.5) is 0 Å². The Balaban J connectivity index is 1.89. The minimum Gasteiger partial charge on any atom is -0.311 e. The van der Waals surface area contributed by atoms with Crippen molar-refractivity contribution in [2.75, 3.05) is 0 Å². The molecular formula is C17H16N4O2S. The van der Waals surface area contributed by atoms with Gasteiger partial charge in [0.15, 0.2) is 0 Å². The number of sulfone groups is 1. The van der Waals surface area contributed by atoms with Gasteiger partial charge < -0.3 is 4.57 Å². The van der Waals surface area contributed by atoms with Crippen LogP contribution in [0.1, 0.15) is 11.1 Å². The molecule has 0 radical (unpaired) electrons. The third kappa shape index (κ3) is 2.20. The molecular weight excluding hydrogens is 324 g/mol. The molecule has 0 unspecified atom stereocenters.